The van der Waals surface area contributed by atoms with Gasteiger partial charge in [-0.3, -0.25) is 19.2 Å². The van der Waals surface area contributed by atoms with Crippen LogP contribution in [0.3, 0.4) is 0 Å². The lowest BCUT2D eigenvalue weighted by Gasteiger charge is -2.45. The third kappa shape index (κ3) is 2.10. The van der Waals surface area contributed by atoms with Crippen LogP contribution in [0, 0.1) is 11.8 Å². The first-order valence-corrected chi connectivity index (χ1v) is 8.75. The van der Waals surface area contributed by atoms with Gasteiger partial charge in [-0.25, -0.2) is 0 Å². The number of amides is 1. The first-order chi connectivity index (χ1) is 13.9. The minimum Gasteiger partial charge on any atom is -0.507 e. The van der Waals surface area contributed by atoms with E-state index in [1.54, 1.807) is 0 Å². The molecule has 4 atom stereocenters. The number of aliphatic hydroxyl groups excluding tert-OH is 1. The highest BCUT2D eigenvalue weighted by molar-refractivity contribution is 6.32. The fourth-order valence-corrected chi connectivity index (χ4v) is 4.46. The summed E-state index contributed by atoms with van der Waals surface area (Å²) in [5, 5.41) is 52.6. The Kier molecular flexibility index (Phi) is 3.86. The van der Waals surface area contributed by atoms with Crippen molar-refractivity contribution in [1.82, 2.24) is 0 Å². The number of nitrogen functional groups attached to an aromatic ring is 1. The minimum absolute atomic E-state index is 0.108. The molecule has 2 aromatic carbocycles. The molecular weight excluding hydrogens is 400 g/mol. The van der Waals surface area contributed by atoms with Gasteiger partial charge in [0.2, 0.25) is 11.7 Å². The number of phenols is 3. The highest BCUT2D eigenvalue weighted by Crippen LogP contribution is 2.55. The largest absolute Gasteiger partial charge is 0.507 e. The second-order valence-corrected chi connectivity index (χ2v) is 7.43. The van der Waals surface area contributed by atoms with E-state index in [1.807, 2.05) is 0 Å². The number of hydrogen-bond acceptors (Lipinski definition) is 10. The Hall–Kier alpha value is -3.70. The van der Waals surface area contributed by atoms with Crippen LogP contribution in [-0.2, 0) is 14.4 Å². The van der Waals surface area contributed by atoms with E-state index in [0.717, 1.165) is 6.07 Å². The van der Waals surface area contributed by atoms with E-state index in [0.29, 0.717) is 0 Å². The first-order valence-electron chi connectivity index (χ1n) is 8.75. The second kappa shape index (κ2) is 5.90. The van der Waals surface area contributed by atoms with Gasteiger partial charge in [0.05, 0.1) is 22.4 Å². The van der Waals surface area contributed by atoms with E-state index < -0.39 is 87.0 Å². The summed E-state index contributed by atoms with van der Waals surface area (Å²) < 4.78 is 0. The number of aromatic hydroxyl groups is 3. The second-order valence-electron chi connectivity index (χ2n) is 7.43. The van der Waals surface area contributed by atoms with Gasteiger partial charge >= 0.3 is 0 Å². The molecule has 11 heteroatoms. The van der Waals surface area contributed by atoms with E-state index in [2.05, 4.69) is 0 Å². The van der Waals surface area contributed by atoms with E-state index >= 15 is 0 Å². The van der Waals surface area contributed by atoms with Crippen molar-refractivity contribution >= 4 is 39.7 Å². The summed E-state index contributed by atoms with van der Waals surface area (Å²) in [6.45, 7) is 0. The van der Waals surface area contributed by atoms with Crippen LogP contribution in [0.15, 0.2) is 12.1 Å². The zero-order chi connectivity index (χ0) is 22.3. The number of phenolic OH excluding ortho intramolecular Hbond substituents is 3. The van der Waals surface area contributed by atoms with Crippen LogP contribution < -0.4 is 11.5 Å². The molecular formula is C19H16N2O9. The molecule has 2 aliphatic rings. The van der Waals surface area contributed by atoms with Crippen molar-refractivity contribution < 1.29 is 44.7 Å². The Labute approximate surface area is 167 Å². The third-order valence-corrected chi connectivity index (χ3v) is 5.90. The molecule has 1 unspecified atom stereocenters. The number of fused-ring (bicyclic) bond motifs is 3. The Bertz CT molecular complexity index is 1200. The van der Waals surface area contributed by atoms with Gasteiger partial charge in [0.15, 0.2) is 23.1 Å². The number of primary amides is 1. The fourth-order valence-electron chi connectivity index (χ4n) is 4.46. The smallest absolute Gasteiger partial charge is 0.235 e. The normalized spacial score (nSPS) is 28.3. The van der Waals surface area contributed by atoms with Gasteiger partial charge in [-0.2, -0.15) is 0 Å². The summed E-state index contributed by atoms with van der Waals surface area (Å²) >= 11 is 0. The zero-order valence-corrected chi connectivity index (χ0v) is 15.1. The Balaban J connectivity index is 2.10. The molecule has 0 spiro atoms. The van der Waals surface area contributed by atoms with Crippen LogP contribution in [0.25, 0.3) is 10.8 Å². The quantitative estimate of drug-likeness (QED) is 0.166. The number of rotatable bonds is 1. The molecule has 9 N–H and O–H groups in total. The molecule has 0 aromatic heterocycles. The van der Waals surface area contributed by atoms with Crippen LogP contribution in [-0.4, -0.2) is 54.4 Å². The molecule has 1 amide bonds. The van der Waals surface area contributed by atoms with Crippen LogP contribution in [0.5, 0.6) is 17.2 Å². The number of anilines is 1. The van der Waals surface area contributed by atoms with Crippen molar-refractivity contribution in [2.75, 3.05) is 5.73 Å². The van der Waals surface area contributed by atoms with Crippen LogP contribution in [0.2, 0.25) is 0 Å². The molecule has 11 nitrogen and oxygen atoms in total. The third-order valence-electron chi connectivity index (χ3n) is 5.90. The van der Waals surface area contributed by atoms with Gasteiger partial charge in [-0.1, -0.05) is 0 Å². The van der Waals surface area contributed by atoms with Gasteiger partial charge in [0.25, 0.3) is 0 Å². The number of hydrogen-bond donors (Lipinski definition) is 7. The molecule has 0 aliphatic heterocycles. The molecule has 30 heavy (non-hydrogen) atoms. The molecule has 156 valence electrons. The highest BCUT2D eigenvalue weighted by Gasteiger charge is 2.65. The molecule has 2 aromatic rings. The Morgan fingerprint density at radius 2 is 1.70 bits per heavy atom. The number of Topliss-reactive ketones (excluding diaryl/α,β-unsaturated/α-hetero) is 3. The summed E-state index contributed by atoms with van der Waals surface area (Å²) in [6.07, 6.45) is -2.74. The molecule has 1 fully saturated rings. The van der Waals surface area contributed by atoms with Gasteiger partial charge in [-0.15, -0.1) is 0 Å². The van der Waals surface area contributed by atoms with Crippen molar-refractivity contribution in [3.8, 4) is 17.2 Å². The number of benzene rings is 2. The maximum atomic E-state index is 13.2. The van der Waals surface area contributed by atoms with Gasteiger partial charge < -0.3 is 37.0 Å². The summed E-state index contributed by atoms with van der Waals surface area (Å²) in [6, 6.07) is 2.29. The SMILES string of the molecule is NC(=O)C1C(=O)C[C@@H]2[C@@H](O)c3c(c(O)c4c(O)ccc(N)c4c3O)C(=O)[C@]2(O)C1=O. The van der Waals surface area contributed by atoms with Crippen molar-refractivity contribution in [2.24, 2.45) is 17.6 Å². The number of aliphatic hydroxyl groups is 2. The summed E-state index contributed by atoms with van der Waals surface area (Å²) in [7, 11) is 0. The van der Waals surface area contributed by atoms with E-state index in [9.17, 15) is 44.7 Å². The molecule has 4 rings (SSSR count). The molecule has 0 radical (unpaired) electrons. The molecule has 0 heterocycles. The minimum atomic E-state index is -3.06. The van der Waals surface area contributed by atoms with Crippen molar-refractivity contribution in [2.45, 2.75) is 18.1 Å². The average Bonchev–Trinajstić information content (AvgIpc) is 2.66. The fraction of sp³-hybridized carbons (Fsp3) is 0.263. The van der Waals surface area contributed by atoms with Gasteiger partial charge in [0, 0.05) is 23.6 Å². The number of carbonyl (C=O) groups is 4. The van der Waals surface area contributed by atoms with Crippen molar-refractivity contribution in [3.05, 3.63) is 23.3 Å². The lowest BCUT2D eigenvalue weighted by molar-refractivity contribution is -0.163. The Morgan fingerprint density at radius 3 is 2.30 bits per heavy atom. The molecule has 0 bridgehead atoms. The molecule has 2 aliphatic carbocycles. The van der Waals surface area contributed by atoms with Gasteiger partial charge in [-0.05, 0) is 12.1 Å². The maximum absolute atomic E-state index is 13.2. The Morgan fingerprint density at radius 1 is 1.07 bits per heavy atom. The number of nitrogens with two attached hydrogens (primary N) is 2. The predicted molar refractivity (Wildman–Crippen MR) is 98.4 cm³/mol. The van der Waals surface area contributed by atoms with E-state index in [4.69, 9.17) is 11.5 Å². The van der Waals surface area contributed by atoms with Gasteiger partial charge in [0.1, 0.15) is 17.2 Å². The van der Waals surface area contributed by atoms with Crippen LogP contribution in [0.1, 0.15) is 28.4 Å². The summed E-state index contributed by atoms with van der Waals surface area (Å²) in [5.41, 5.74) is 6.31. The summed E-state index contributed by atoms with van der Waals surface area (Å²) in [5.74, 6) is -11.5. The maximum Gasteiger partial charge on any atom is 0.235 e. The lowest BCUT2D eigenvalue weighted by Crippen LogP contribution is -2.65. The monoisotopic (exact) mass is 416 g/mol. The molecule has 0 saturated heterocycles. The molecule has 1 saturated carbocycles. The average molecular weight is 416 g/mol. The standard InChI is InChI=1S/C19H16N2O9/c20-5-1-2-6(22)9-8(5)14(25)11-12(15(9)26)17(28)19(30)4(13(11)24)3-7(23)10(16(19)27)18(21)29/h1-2,4,10,13,22,24-26,30H,3,20H2,(H2,21,29)/t4-,10?,13-,19-/m1/s1. The van der Waals surface area contributed by atoms with E-state index in [-0.39, 0.29) is 11.1 Å². The number of carbonyl (C=O) groups excluding carboxylic acids is 4. The van der Waals surface area contributed by atoms with Crippen molar-refractivity contribution in [3.63, 3.8) is 0 Å². The number of ketones is 3. The lowest BCUT2D eigenvalue weighted by atomic mass is 9.59. The van der Waals surface area contributed by atoms with Crippen molar-refractivity contribution in [1.29, 1.82) is 0 Å². The first kappa shape index (κ1) is 19.6. The topological polar surface area (TPSA) is 221 Å². The highest BCUT2D eigenvalue weighted by atomic mass is 16.3. The predicted octanol–water partition coefficient (Wildman–Crippen LogP) is -1.24. The zero-order valence-electron chi connectivity index (χ0n) is 15.1. The van der Waals surface area contributed by atoms with Crippen LogP contribution in [0.4, 0.5) is 5.69 Å². The summed E-state index contributed by atoms with van der Waals surface area (Å²) in [4.78, 5) is 49.8. The van der Waals surface area contributed by atoms with Crippen LogP contribution >= 0.6 is 0 Å². The van der Waals surface area contributed by atoms with E-state index in [1.165, 1.54) is 6.07 Å².